The van der Waals surface area contributed by atoms with Gasteiger partial charge in [0, 0.05) is 14.5 Å². The minimum atomic E-state index is -0.358. The van der Waals surface area contributed by atoms with Gasteiger partial charge in [-0.1, -0.05) is 15.9 Å². The van der Waals surface area contributed by atoms with E-state index in [2.05, 4.69) is 37.2 Å². The molecule has 0 spiro atoms. The molecule has 5 heteroatoms. The van der Waals surface area contributed by atoms with Crippen molar-refractivity contribution in [3.63, 3.8) is 0 Å². The first-order chi connectivity index (χ1) is 8.95. The molecule has 1 N–H and O–H groups in total. The van der Waals surface area contributed by atoms with Crippen LogP contribution in [0.3, 0.4) is 0 Å². The van der Waals surface area contributed by atoms with E-state index in [0.717, 1.165) is 10.0 Å². The van der Waals surface area contributed by atoms with Crippen molar-refractivity contribution in [3.05, 3.63) is 62.3 Å². The zero-order chi connectivity index (χ0) is 14.0. The molecule has 0 fully saturated rings. The standard InChI is InChI=1S/C14H10Br2FNO/c1-8-4-9(6-10(15)5-8)14(19)18-13-3-2-11(17)7-12(13)16/h2-7H,1H3,(H,18,19). The molecule has 1 amide bonds. The van der Waals surface area contributed by atoms with Crippen molar-refractivity contribution in [2.24, 2.45) is 0 Å². The fraction of sp³-hybridized carbons (Fsp3) is 0.0714. The number of nitrogens with one attached hydrogen (secondary N) is 1. The number of amides is 1. The van der Waals surface area contributed by atoms with Crippen LogP contribution in [-0.4, -0.2) is 5.91 Å². The molecule has 0 aliphatic heterocycles. The molecule has 0 aliphatic rings. The Labute approximate surface area is 127 Å². The summed E-state index contributed by atoms with van der Waals surface area (Å²) in [6, 6.07) is 9.57. The zero-order valence-corrected chi connectivity index (χ0v) is 13.2. The van der Waals surface area contributed by atoms with E-state index in [1.165, 1.54) is 18.2 Å². The Balaban J connectivity index is 2.25. The molecular weight excluding hydrogens is 377 g/mol. The largest absolute Gasteiger partial charge is 0.321 e. The van der Waals surface area contributed by atoms with E-state index in [4.69, 9.17) is 0 Å². The molecule has 0 unspecified atom stereocenters. The van der Waals surface area contributed by atoms with Crippen molar-refractivity contribution in [1.82, 2.24) is 0 Å². The Morgan fingerprint density at radius 2 is 1.89 bits per heavy atom. The number of hydrogen-bond acceptors (Lipinski definition) is 1. The highest BCUT2D eigenvalue weighted by molar-refractivity contribution is 9.10. The Morgan fingerprint density at radius 3 is 2.53 bits per heavy atom. The van der Waals surface area contributed by atoms with E-state index >= 15 is 0 Å². The van der Waals surface area contributed by atoms with Crippen molar-refractivity contribution < 1.29 is 9.18 Å². The third-order valence-electron chi connectivity index (χ3n) is 2.48. The van der Waals surface area contributed by atoms with Crippen LogP contribution in [0.2, 0.25) is 0 Å². The van der Waals surface area contributed by atoms with Gasteiger partial charge in [-0.15, -0.1) is 0 Å². The quantitative estimate of drug-likeness (QED) is 0.780. The van der Waals surface area contributed by atoms with Crippen LogP contribution in [0, 0.1) is 12.7 Å². The average molecular weight is 387 g/mol. The summed E-state index contributed by atoms with van der Waals surface area (Å²) in [5.41, 5.74) is 2.06. The molecule has 2 aromatic rings. The molecule has 0 aromatic heterocycles. The summed E-state index contributed by atoms with van der Waals surface area (Å²) in [6.07, 6.45) is 0. The Bertz CT molecular complexity index is 623. The fourth-order valence-electron chi connectivity index (χ4n) is 1.65. The van der Waals surface area contributed by atoms with E-state index < -0.39 is 0 Å². The Morgan fingerprint density at radius 1 is 1.16 bits per heavy atom. The molecule has 2 aromatic carbocycles. The minimum absolute atomic E-state index is 0.239. The van der Waals surface area contributed by atoms with Crippen LogP contribution in [0.4, 0.5) is 10.1 Å². The van der Waals surface area contributed by atoms with Gasteiger partial charge in [-0.2, -0.15) is 0 Å². The second kappa shape index (κ2) is 5.84. The van der Waals surface area contributed by atoms with Gasteiger partial charge in [-0.05, 0) is 64.8 Å². The predicted octanol–water partition coefficient (Wildman–Crippen LogP) is 4.91. The summed E-state index contributed by atoms with van der Waals surface area (Å²) in [7, 11) is 0. The lowest BCUT2D eigenvalue weighted by Gasteiger charge is -2.08. The smallest absolute Gasteiger partial charge is 0.255 e. The van der Waals surface area contributed by atoms with Crippen molar-refractivity contribution in [2.45, 2.75) is 6.92 Å². The van der Waals surface area contributed by atoms with Gasteiger partial charge in [0.25, 0.3) is 5.91 Å². The van der Waals surface area contributed by atoms with E-state index in [1.54, 1.807) is 12.1 Å². The monoisotopic (exact) mass is 385 g/mol. The first-order valence-electron chi connectivity index (χ1n) is 5.49. The van der Waals surface area contributed by atoms with Crippen LogP contribution in [-0.2, 0) is 0 Å². The third-order valence-corrected chi connectivity index (χ3v) is 3.60. The molecule has 0 saturated carbocycles. The molecule has 0 heterocycles. The van der Waals surface area contributed by atoms with Gasteiger partial charge < -0.3 is 5.32 Å². The maximum absolute atomic E-state index is 13.0. The fourth-order valence-corrected chi connectivity index (χ4v) is 2.71. The normalized spacial score (nSPS) is 10.3. The summed E-state index contributed by atoms with van der Waals surface area (Å²) >= 11 is 6.56. The minimum Gasteiger partial charge on any atom is -0.321 e. The zero-order valence-electron chi connectivity index (χ0n) is 10.0. The van der Waals surface area contributed by atoms with Crippen LogP contribution < -0.4 is 5.32 Å². The number of rotatable bonds is 2. The lowest BCUT2D eigenvalue weighted by atomic mass is 10.1. The molecule has 2 rings (SSSR count). The lowest BCUT2D eigenvalue weighted by Crippen LogP contribution is -2.12. The maximum Gasteiger partial charge on any atom is 0.255 e. The Kier molecular flexibility index (Phi) is 4.37. The molecule has 0 bridgehead atoms. The van der Waals surface area contributed by atoms with Gasteiger partial charge in [-0.3, -0.25) is 4.79 Å². The van der Waals surface area contributed by atoms with E-state index in [9.17, 15) is 9.18 Å². The summed E-state index contributed by atoms with van der Waals surface area (Å²) in [5.74, 6) is -0.597. The second-order valence-corrected chi connectivity index (χ2v) is 5.87. The van der Waals surface area contributed by atoms with Gasteiger partial charge >= 0.3 is 0 Å². The molecule has 2 nitrogen and oxygen atoms in total. The van der Waals surface area contributed by atoms with Crippen LogP contribution in [0.25, 0.3) is 0 Å². The van der Waals surface area contributed by atoms with Gasteiger partial charge in [0.15, 0.2) is 0 Å². The van der Waals surface area contributed by atoms with Crippen LogP contribution >= 0.6 is 31.9 Å². The molecule has 0 radical (unpaired) electrons. The lowest BCUT2D eigenvalue weighted by molar-refractivity contribution is 0.102. The molecule has 19 heavy (non-hydrogen) atoms. The highest BCUT2D eigenvalue weighted by Crippen LogP contribution is 2.24. The predicted molar refractivity (Wildman–Crippen MR) is 80.9 cm³/mol. The van der Waals surface area contributed by atoms with E-state index in [1.807, 2.05) is 13.0 Å². The van der Waals surface area contributed by atoms with Crippen LogP contribution in [0.5, 0.6) is 0 Å². The molecule has 0 saturated heterocycles. The molecular formula is C14H10Br2FNO. The summed E-state index contributed by atoms with van der Waals surface area (Å²) in [5, 5.41) is 2.73. The highest BCUT2D eigenvalue weighted by atomic mass is 79.9. The van der Waals surface area contributed by atoms with Gasteiger partial charge in [0.05, 0.1) is 5.69 Å². The number of benzene rings is 2. The summed E-state index contributed by atoms with van der Waals surface area (Å²) < 4.78 is 14.3. The number of carbonyl (C=O) groups is 1. The van der Waals surface area contributed by atoms with Gasteiger partial charge in [-0.25, -0.2) is 4.39 Å². The first-order valence-corrected chi connectivity index (χ1v) is 7.08. The van der Waals surface area contributed by atoms with E-state index in [0.29, 0.717) is 15.7 Å². The summed E-state index contributed by atoms with van der Waals surface area (Å²) in [4.78, 5) is 12.1. The number of hydrogen-bond donors (Lipinski definition) is 1. The highest BCUT2D eigenvalue weighted by Gasteiger charge is 2.10. The van der Waals surface area contributed by atoms with Crippen molar-refractivity contribution in [1.29, 1.82) is 0 Å². The number of halogens is 3. The topological polar surface area (TPSA) is 29.1 Å². The SMILES string of the molecule is Cc1cc(Br)cc(C(=O)Nc2ccc(F)cc2Br)c1. The molecule has 98 valence electrons. The molecule has 0 atom stereocenters. The van der Waals surface area contributed by atoms with Crippen molar-refractivity contribution in [3.8, 4) is 0 Å². The molecule has 0 aliphatic carbocycles. The second-order valence-electron chi connectivity index (χ2n) is 4.10. The van der Waals surface area contributed by atoms with E-state index in [-0.39, 0.29) is 11.7 Å². The number of aryl methyl sites for hydroxylation is 1. The van der Waals surface area contributed by atoms with Gasteiger partial charge in [0.2, 0.25) is 0 Å². The van der Waals surface area contributed by atoms with Crippen LogP contribution in [0.1, 0.15) is 15.9 Å². The van der Waals surface area contributed by atoms with Gasteiger partial charge in [0.1, 0.15) is 5.82 Å². The first kappa shape index (κ1) is 14.2. The average Bonchev–Trinajstić information content (AvgIpc) is 2.31. The number of anilines is 1. The van der Waals surface area contributed by atoms with Crippen LogP contribution in [0.15, 0.2) is 45.3 Å². The third kappa shape index (κ3) is 3.64. The number of carbonyl (C=O) groups excluding carboxylic acids is 1. The van der Waals surface area contributed by atoms with Crippen molar-refractivity contribution in [2.75, 3.05) is 5.32 Å². The van der Waals surface area contributed by atoms with Crippen molar-refractivity contribution >= 4 is 43.5 Å². The Hall–Kier alpha value is -1.20. The maximum atomic E-state index is 13.0. The summed E-state index contributed by atoms with van der Waals surface area (Å²) in [6.45, 7) is 1.91.